The van der Waals surface area contributed by atoms with Crippen molar-refractivity contribution in [2.75, 3.05) is 13.1 Å². The molecule has 0 aromatic rings. The Kier molecular flexibility index (Phi) is 4.20. The van der Waals surface area contributed by atoms with Crippen molar-refractivity contribution >= 4 is 0 Å². The smallest absolute Gasteiger partial charge is 0.00104 e. The van der Waals surface area contributed by atoms with Crippen LogP contribution in [0.2, 0.25) is 0 Å². The molecule has 0 saturated heterocycles. The third-order valence-corrected chi connectivity index (χ3v) is 2.92. The van der Waals surface area contributed by atoms with Crippen molar-refractivity contribution < 1.29 is 0 Å². The van der Waals surface area contributed by atoms with Crippen LogP contribution in [0.15, 0.2) is 0 Å². The summed E-state index contributed by atoms with van der Waals surface area (Å²) in [6.07, 6.45) is 6.54. The molecule has 2 heteroatoms. The van der Waals surface area contributed by atoms with Crippen LogP contribution >= 0.6 is 0 Å². The molecule has 0 aliphatic heterocycles. The fraction of sp³-hybridized carbons (Fsp3) is 1.00. The number of rotatable bonds is 7. The lowest BCUT2D eigenvalue weighted by molar-refractivity contribution is 0.482. The molecule has 0 heterocycles. The molecule has 13 heavy (non-hydrogen) atoms. The summed E-state index contributed by atoms with van der Waals surface area (Å²) in [5.41, 5.74) is 6.32. The maximum absolute atomic E-state index is 5.67. The molecular weight excluding hydrogens is 160 g/mol. The largest absolute Gasteiger partial charge is 0.328 e. The molecule has 0 radical (unpaired) electrons. The highest BCUT2D eigenvalue weighted by Crippen LogP contribution is 2.43. The van der Waals surface area contributed by atoms with Crippen molar-refractivity contribution in [1.82, 2.24) is 5.32 Å². The lowest BCUT2D eigenvalue weighted by Crippen LogP contribution is -2.23. The molecule has 1 aliphatic carbocycles. The van der Waals surface area contributed by atoms with Crippen LogP contribution in [0.5, 0.6) is 0 Å². The molecule has 1 rings (SSSR count). The summed E-state index contributed by atoms with van der Waals surface area (Å²) >= 11 is 0. The van der Waals surface area contributed by atoms with E-state index in [2.05, 4.69) is 19.2 Å². The Morgan fingerprint density at radius 1 is 1.38 bits per heavy atom. The minimum atomic E-state index is 0.376. The second-order valence-corrected chi connectivity index (χ2v) is 4.96. The zero-order valence-corrected chi connectivity index (χ0v) is 9.10. The highest BCUT2D eigenvalue weighted by Gasteiger charge is 2.36. The first-order valence-electron chi connectivity index (χ1n) is 5.59. The summed E-state index contributed by atoms with van der Waals surface area (Å²) in [5, 5.41) is 3.52. The molecule has 1 saturated carbocycles. The van der Waals surface area contributed by atoms with Gasteiger partial charge in [0.15, 0.2) is 0 Å². The van der Waals surface area contributed by atoms with E-state index in [0.29, 0.717) is 11.5 Å². The molecule has 1 atom stereocenters. The Morgan fingerprint density at radius 2 is 2.08 bits per heavy atom. The van der Waals surface area contributed by atoms with Gasteiger partial charge in [-0.2, -0.15) is 0 Å². The van der Waals surface area contributed by atoms with Crippen LogP contribution in [-0.2, 0) is 0 Å². The standard InChI is InChI=1S/C11H24N2/c1-10(12)5-3-4-8-13-9-11(2)6-7-11/h10,13H,3-9,12H2,1-2H3. The number of hydrogen-bond donors (Lipinski definition) is 2. The normalized spacial score (nSPS) is 21.5. The minimum absolute atomic E-state index is 0.376. The molecule has 1 fully saturated rings. The quantitative estimate of drug-likeness (QED) is 0.593. The SMILES string of the molecule is CC(N)CCCCNCC1(C)CC1. The van der Waals surface area contributed by atoms with Crippen LogP contribution in [0.4, 0.5) is 0 Å². The Bertz CT molecular complexity index is 139. The Labute approximate surface area is 82.3 Å². The van der Waals surface area contributed by atoms with E-state index in [1.165, 1.54) is 45.2 Å². The van der Waals surface area contributed by atoms with E-state index in [0.717, 1.165) is 0 Å². The van der Waals surface area contributed by atoms with Crippen LogP contribution in [0.3, 0.4) is 0 Å². The Balaban J connectivity index is 1.79. The van der Waals surface area contributed by atoms with Crippen LogP contribution in [0.1, 0.15) is 46.0 Å². The van der Waals surface area contributed by atoms with Gasteiger partial charge in [-0.05, 0) is 44.6 Å². The van der Waals surface area contributed by atoms with Gasteiger partial charge in [0.25, 0.3) is 0 Å². The number of nitrogens with one attached hydrogen (secondary N) is 1. The van der Waals surface area contributed by atoms with Gasteiger partial charge in [0.1, 0.15) is 0 Å². The van der Waals surface area contributed by atoms with Crippen molar-refractivity contribution in [2.24, 2.45) is 11.1 Å². The van der Waals surface area contributed by atoms with Gasteiger partial charge >= 0.3 is 0 Å². The highest BCUT2D eigenvalue weighted by atomic mass is 14.9. The second-order valence-electron chi connectivity index (χ2n) is 4.96. The molecule has 0 aromatic heterocycles. The first-order chi connectivity index (χ1) is 6.12. The second kappa shape index (κ2) is 4.97. The third kappa shape index (κ3) is 5.27. The topological polar surface area (TPSA) is 38.0 Å². The van der Waals surface area contributed by atoms with Gasteiger partial charge in [-0.3, -0.25) is 0 Å². The van der Waals surface area contributed by atoms with Gasteiger partial charge in [-0.1, -0.05) is 13.3 Å². The molecule has 0 aromatic carbocycles. The van der Waals surface area contributed by atoms with Crippen LogP contribution < -0.4 is 11.1 Å². The fourth-order valence-corrected chi connectivity index (χ4v) is 1.50. The maximum Gasteiger partial charge on any atom is 0.00104 e. The zero-order chi connectivity index (χ0) is 9.73. The number of nitrogens with two attached hydrogens (primary N) is 1. The minimum Gasteiger partial charge on any atom is -0.328 e. The summed E-state index contributed by atoms with van der Waals surface area (Å²) in [5.74, 6) is 0. The van der Waals surface area contributed by atoms with Crippen LogP contribution in [-0.4, -0.2) is 19.1 Å². The van der Waals surface area contributed by atoms with Crippen molar-refractivity contribution in [3.05, 3.63) is 0 Å². The van der Waals surface area contributed by atoms with Crippen molar-refractivity contribution in [1.29, 1.82) is 0 Å². The predicted molar refractivity (Wildman–Crippen MR) is 57.7 cm³/mol. The summed E-state index contributed by atoms with van der Waals surface area (Å²) in [6, 6.07) is 0.376. The van der Waals surface area contributed by atoms with Gasteiger partial charge in [0.2, 0.25) is 0 Å². The first-order valence-corrected chi connectivity index (χ1v) is 5.59. The van der Waals surface area contributed by atoms with Crippen LogP contribution in [0.25, 0.3) is 0 Å². The van der Waals surface area contributed by atoms with E-state index in [-0.39, 0.29) is 0 Å². The molecule has 1 unspecified atom stereocenters. The monoisotopic (exact) mass is 184 g/mol. The zero-order valence-electron chi connectivity index (χ0n) is 9.10. The summed E-state index contributed by atoms with van der Waals surface area (Å²) in [7, 11) is 0. The first kappa shape index (κ1) is 11.0. The molecule has 78 valence electrons. The van der Waals surface area contributed by atoms with Gasteiger partial charge in [0.05, 0.1) is 0 Å². The average molecular weight is 184 g/mol. The number of hydrogen-bond acceptors (Lipinski definition) is 2. The molecule has 3 N–H and O–H groups in total. The summed E-state index contributed by atoms with van der Waals surface area (Å²) in [4.78, 5) is 0. The molecule has 0 amide bonds. The Morgan fingerprint density at radius 3 is 2.62 bits per heavy atom. The average Bonchev–Trinajstić information content (AvgIpc) is 2.76. The predicted octanol–water partition coefficient (Wildman–Crippen LogP) is 1.89. The van der Waals surface area contributed by atoms with Crippen LogP contribution in [0, 0.1) is 5.41 Å². The van der Waals surface area contributed by atoms with E-state index in [1.807, 2.05) is 0 Å². The lowest BCUT2D eigenvalue weighted by Gasteiger charge is -2.10. The summed E-state index contributed by atoms with van der Waals surface area (Å²) < 4.78 is 0. The van der Waals surface area contributed by atoms with Crippen molar-refractivity contribution in [3.63, 3.8) is 0 Å². The van der Waals surface area contributed by atoms with Crippen molar-refractivity contribution in [2.45, 2.75) is 52.0 Å². The van der Waals surface area contributed by atoms with E-state index < -0.39 is 0 Å². The number of unbranched alkanes of at least 4 members (excludes halogenated alkanes) is 1. The van der Waals surface area contributed by atoms with E-state index in [9.17, 15) is 0 Å². The van der Waals surface area contributed by atoms with E-state index in [4.69, 9.17) is 5.73 Å². The summed E-state index contributed by atoms with van der Waals surface area (Å²) in [6.45, 7) is 6.83. The lowest BCUT2D eigenvalue weighted by atomic mass is 10.1. The molecule has 0 bridgehead atoms. The molecule has 2 nitrogen and oxygen atoms in total. The van der Waals surface area contributed by atoms with E-state index >= 15 is 0 Å². The Hall–Kier alpha value is -0.0800. The molecule has 0 spiro atoms. The highest BCUT2D eigenvalue weighted by molar-refractivity contribution is 4.90. The third-order valence-electron chi connectivity index (χ3n) is 2.92. The molecular formula is C11H24N2. The van der Waals surface area contributed by atoms with Gasteiger partial charge in [-0.15, -0.1) is 0 Å². The molecule has 1 aliphatic rings. The van der Waals surface area contributed by atoms with Gasteiger partial charge in [-0.25, -0.2) is 0 Å². The van der Waals surface area contributed by atoms with Gasteiger partial charge < -0.3 is 11.1 Å². The van der Waals surface area contributed by atoms with E-state index in [1.54, 1.807) is 0 Å². The van der Waals surface area contributed by atoms with Crippen molar-refractivity contribution in [3.8, 4) is 0 Å². The fourth-order valence-electron chi connectivity index (χ4n) is 1.50. The van der Waals surface area contributed by atoms with Gasteiger partial charge in [0, 0.05) is 12.6 Å². The maximum atomic E-state index is 5.67.